The molecule has 1 atom stereocenters. The number of amides is 1. The van der Waals surface area contributed by atoms with Gasteiger partial charge in [0.25, 0.3) is 5.91 Å². The normalized spacial score (nSPS) is 15.6. The number of carbonyl (C=O) groups is 1. The Morgan fingerprint density at radius 1 is 1.22 bits per heavy atom. The summed E-state index contributed by atoms with van der Waals surface area (Å²) in [6.07, 6.45) is 9.99. The number of allylic oxidation sites excluding steroid dienone is 3. The lowest BCUT2D eigenvalue weighted by molar-refractivity contribution is 0.0788. The maximum Gasteiger partial charge on any atom is 0.256 e. The minimum Gasteiger partial charge on any atom is -0.470 e. The lowest BCUT2D eigenvalue weighted by Gasteiger charge is -2.27. The van der Waals surface area contributed by atoms with Crippen LogP contribution in [0, 0.1) is 17.1 Å². The SMILES string of the molecule is C=C/C=C\C.N#Cc1ccc(CCNCC2CNc3cc(-c4ccc(F)c(C(=O)N5CCCC5)c4)cnc3O2)cc1. The number of anilines is 1. The maximum absolute atomic E-state index is 14.4. The summed E-state index contributed by atoms with van der Waals surface area (Å²) < 4.78 is 20.5. The second-order valence-corrected chi connectivity index (χ2v) is 9.92. The molecule has 1 unspecified atom stereocenters. The van der Waals surface area contributed by atoms with Gasteiger partial charge in [-0.3, -0.25) is 4.79 Å². The van der Waals surface area contributed by atoms with Crippen molar-refractivity contribution in [2.75, 3.05) is 38.0 Å². The van der Waals surface area contributed by atoms with Crippen LogP contribution >= 0.6 is 0 Å². The van der Waals surface area contributed by atoms with Crippen molar-refractivity contribution in [1.29, 1.82) is 5.26 Å². The molecule has 3 heterocycles. The van der Waals surface area contributed by atoms with Gasteiger partial charge in [0.15, 0.2) is 0 Å². The fourth-order valence-corrected chi connectivity index (χ4v) is 4.70. The molecule has 8 heteroatoms. The van der Waals surface area contributed by atoms with E-state index in [4.69, 9.17) is 10.00 Å². The third-order valence-corrected chi connectivity index (χ3v) is 6.95. The molecule has 1 saturated heterocycles. The summed E-state index contributed by atoms with van der Waals surface area (Å²) in [4.78, 5) is 18.9. The number of hydrogen-bond donors (Lipinski definition) is 2. The predicted molar refractivity (Wildman–Crippen MR) is 160 cm³/mol. The Hall–Kier alpha value is -4.48. The molecule has 1 aromatic heterocycles. The number of rotatable bonds is 8. The standard InChI is InChI=1S/C28H28FN5O2.C5H8/c29-25-8-7-21(13-24(25)28(35)34-11-1-2-12-34)22-14-26-27(33-16-22)36-23(18-32-26)17-31-10-9-19-3-5-20(15-30)6-4-19;1-3-5-4-2/h3-8,13-14,16,23,31-32H,1-2,9-12,17-18H2;3-5H,1H2,2H3/b;5-4-. The van der Waals surface area contributed by atoms with Crippen LogP contribution in [0.4, 0.5) is 10.1 Å². The number of halogens is 1. The zero-order valence-electron chi connectivity index (χ0n) is 23.4. The second kappa shape index (κ2) is 14.8. The molecule has 212 valence electrons. The van der Waals surface area contributed by atoms with Crippen LogP contribution in [0.2, 0.25) is 0 Å². The Bertz CT molecular complexity index is 1410. The molecule has 0 bridgehead atoms. The fraction of sp³-hybridized carbons (Fsp3) is 0.303. The van der Waals surface area contributed by atoms with E-state index in [0.29, 0.717) is 37.6 Å². The number of aromatic nitrogens is 1. The minimum absolute atomic E-state index is 0.0627. The van der Waals surface area contributed by atoms with E-state index in [2.05, 4.69) is 28.3 Å². The average Bonchev–Trinajstić information content (AvgIpc) is 3.55. The molecule has 2 aliphatic rings. The van der Waals surface area contributed by atoms with E-state index in [1.165, 1.54) is 11.6 Å². The van der Waals surface area contributed by atoms with Gasteiger partial charge in [-0.15, -0.1) is 0 Å². The van der Waals surface area contributed by atoms with Gasteiger partial charge < -0.3 is 20.3 Å². The molecular formula is C33H36FN5O2. The van der Waals surface area contributed by atoms with Crippen molar-refractivity contribution >= 4 is 11.6 Å². The van der Waals surface area contributed by atoms with E-state index in [9.17, 15) is 9.18 Å². The molecule has 0 saturated carbocycles. The van der Waals surface area contributed by atoms with Crippen molar-refractivity contribution in [3.8, 4) is 23.1 Å². The number of carbonyl (C=O) groups excluding carboxylic acids is 1. The topological polar surface area (TPSA) is 90.3 Å². The van der Waals surface area contributed by atoms with Crippen LogP contribution in [0.1, 0.15) is 41.3 Å². The zero-order chi connectivity index (χ0) is 29.0. The van der Waals surface area contributed by atoms with Gasteiger partial charge in [-0.2, -0.15) is 5.26 Å². The molecule has 0 spiro atoms. The van der Waals surface area contributed by atoms with Crippen LogP contribution in [0.5, 0.6) is 5.88 Å². The second-order valence-electron chi connectivity index (χ2n) is 9.92. The molecular weight excluding hydrogens is 517 g/mol. The molecule has 2 aliphatic heterocycles. The highest BCUT2D eigenvalue weighted by Gasteiger charge is 2.24. The third kappa shape index (κ3) is 8.03. The van der Waals surface area contributed by atoms with E-state index in [1.807, 2.05) is 49.4 Å². The number of benzene rings is 2. The first-order valence-electron chi connectivity index (χ1n) is 14.0. The highest BCUT2D eigenvalue weighted by molar-refractivity contribution is 5.96. The number of likely N-dealkylation sites (tertiary alicyclic amines) is 1. The number of nitriles is 1. The van der Waals surface area contributed by atoms with Crippen LogP contribution in [0.3, 0.4) is 0 Å². The van der Waals surface area contributed by atoms with Crippen LogP contribution < -0.4 is 15.4 Å². The number of pyridine rings is 1. The molecule has 5 rings (SSSR count). The van der Waals surface area contributed by atoms with E-state index in [0.717, 1.165) is 42.6 Å². The van der Waals surface area contributed by atoms with Crippen molar-refractivity contribution < 1.29 is 13.9 Å². The lowest BCUT2D eigenvalue weighted by Crippen LogP contribution is -2.40. The summed E-state index contributed by atoms with van der Waals surface area (Å²) in [5, 5.41) is 15.7. The Kier molecular flexibility index (Phi) is 10.6. The molecule has 2 aromatic carbocycles. The molecule has 0 aliphatic carbocycles. The first-order chi connectivity index (χ1) is 20.0. The van der Waals surface area contributed by atoms with Gasteiger partial charge in [-0.05, 0) is 74.2 Å². The van der Waals surface area contributed by atoms with Crippen molar-refractivity contribution in [2.24, 2.45) is 0 Å². The number of fused-ring (bicyclic) bond motifs is 1. The molecule has 1 fully saturated rings. The van der Waals surface area contributed by atoms with Crippen LogP contribution in [-0.2, 0) is 6.42 Å². The fourth-order valence-electron chi connectivity index (χ4n) is 4.70. The van der Waals surface area contributed by atoms with Gasteiger partial charge in [0.2, 0.25) is 5.88 Å². The van der Waals surface area contributed by atoms with Crippen molar-refractivity contribution in [3.05, 3.63) is 102 Å². The first kappa shape index (κ1) is 29.5. The van der Waals surface area contributed by atoms with Crippen LogP contribution in [-0.4, -0.2) is 54.6 Å². The molecule has 2 N–H and O–H groups in total. The highest BCUT2D eigenvalue weighted by Crippen LogP contribution is 2.32. The number of nitrogens with one attached hydrogen (secondary N) is 2. The molecule has 7 nitrogen and oxygen atoms in total. The van der Waals surface area contributed by atoms with E-state index in [1.54, 1.807) is 29.3 Å². The highest BCUT2D eigenvalue weighted by atomic mass is 19.1. The van der Waals surface area contributed by atoms with Gasteiger partial charge in [-0.1, -0.05) is 43.0 Å². The lowest BCUT2D eigenvalue weighted by atomic mass is 10.0. The Morgan fingerprint density at radius 3 is 2.68 bits per heavy atom. The first-order valence-corrected chi connectivity index (χ1v) is 14.0. The minimum atomic E-state index is -0.502. The van der Waals surface area contributed by atoms with Gasteiger partial charge in [0.05, 0.1) is 29.4 Å². The number of nitrogens with zero attached hydrogens (tertiary/aromatic N) is 3. The van der Waals surface area contributed by atoms with E-state index < -0.39 is 5.82 Å². The quantitative estimate of drug-likeness (QED) is 0.273. The van der Waals surface area contributed by atoms with Crippen molar-refractivity contribution in [1.82, 2.24) is 15.2 Å². The summed E-state index contributed by atoms with van der Waals surface area (Å²) in [7, 11) is 0. The number of ether oxygens (including phenoxy) is 1. The van der Waals surface area contributed by atoms with Gasteiger partial charge >= 0.3 is 0 Å². The largest absolute Gasteiger partial charge is 0.470 e. The van der Waals surface area contributed by atoms with Gasteiger partial charge in [0, 0.05) is 31.4 Å². The molecule has 3 aromatic rings. The van der Waals surface area contributed by atoms with Crippen molar-refractivity contribution in [2.45, 2.75) is 32.3 Å². The van der Waals surface area contributed by atoms with Crippen molar-refractivity contribution in [3.63, 3.8) is 0 Å². The smallest absolute Gasteiger partial charge is 0.256 e. The van der Waals surface area contributed by atoms with E-state index >= 15 is 0 Å². The molecule has 1 amide bonds. The molecule has 41 heavy (non-hydrogen) atoms. The summed E-state index contributed by atoms with van der Waals surface area (Å²) >= 11 is 0. The van der Waals surface area contributed by atoms with E-state index in [-0.39, 0.29) is 17.6 Å². The third-order valence-electron chi connectivity index (χ3n) is 6.95. The Morgan fingerprint density at radius 2 is 2.00 bits per heavy atom. The van der Waals surface area contributed by atoms with Gasteiger partial charge in [-0.25, -0.2) is 9.37 Å². The molecule has 0 radical (unpaired) electrons. The summed E-state index contributed by atoms with van der Waals surface area (Å²) in [6, 6.07) is 16.3. The predicted octanol–water partition coefficient (Wildman–Crippen LogP) is 5.75. The summed E-state index contributed by atoms with van der Waals surface area (Å²) in [5.41, 5.74) is 4.25. The van der Waals surface area contributed by atoms with Crippen LogP contribution in [0.25, 0.3) is 11.1 Å². The zero-order valence-corrected chi connectivity index (χ0v) is 23.4. The van der Waals surface area contributed by atoms with Crippen LogP contribution in [0.15, 0.2) is 79.5 Å². The number of hydrogen-bond acceptors (Lipinski definition) is 6. The Labute approximate surface area is 241 Å². The maximum atomic E-state index is 14.4. The monoisotopic (exact) mass is 553 g/mol. The van der Waals surface area contributed by atoms with Gasteiger partial charge in [0.1, 0.15) is 11.9 Å². The summed E-state index contributed by atoms with van der Waals surface area (Å²) in [5.74, 6) is -0.231. The Balaban J connectivity index is 0.000000714. The average molecular weight is 554 g/mol. The summed E-state index contributed by atoms with van der Waals surface area (Å²) in [6.45, 7) is 8.88.